The number of ether oxygens (including phenoxy) is 1. The standard InChI is InChI=1S/C24H44O/c1-4-6-8-18(3)25-22-13-15-24-21(17-22)12-11-20-16-19(9-7-5-2)10-14-23(20)24/h18-24H,4-17H2,1-3H3. The Balaban J connectivity index is 1.46. The highest BCUT2D eigenvalue weighted by Crippen LogP contribution is 2.53. The molecule has 146 valence electrons. The Morgan fingerprint density at radius 3 is 2.20 bits per heavy atom. The molecule has 7 atom stereocenters. The molecule has 0 aromatic heterocycles. The molecular formula is C24H44O. The van der Waals surface area contributed by atoms with Crippen LogP contribution in [0.4, 0.5) is 0 Å². The summed E-state index contributed by atoms with van der Waals surface area (Å²) < 4.78 is 6.44. The van der Waals surface area contributed by atoms with Crippen LogP contribution in [0.1, 0.15) is 111 Å². The molecule has 0 N–H and O–H groups in total. The molecule has 1 heteroatoms. The normalized spacial score (nSPS) is 39.5. The van der Waals surface area contributed by atoms with E-state index >= 15 is 0 Å². The number of rotatable bonds is 8. The zero-order valence-electron chi connectivity index (χ0n) is 17.3. The molecule has 0 heterocycles. The lowest BCUT2D eigenvalue weighted by atomic mass is 9.56. The van der Waals surface area contributed by atoms with Gasteiger partial charge >= 0.3 is 0 Å². The largest absolute Gasteiger partial charge is 0.375 e. The summed E-state index contributed by atoms with van der Waals surface area (Å²) in [6.45, 7) is 6.93. The van der Waals surface area contributed by atoms with Crippen molar-refractivity contribution in [1.29, 1.82) is 0 Å². The molecule has 0 amide bonds. The summed E-state index contributed by atoms with van der Waals surface area (Å²) in [6, 6.07) is 0. The van der Waals surface area contributed by atoms with Crippen molar-refractivity contribution < 1.29 is 4.74 Å². The van der Waals surface area contributed by atoms with Gasteiger partial charge in [0.2, 0.25) is 0 Å². The van der Waals surface area contributed by atoms with Crippen LogP contribution in [0.15, 0.2) is 0 Å². The Labute approximate surface area is 157 Å². The Hall–Kier alpha value is -0.0400. The van der Waals surface area contributed by atoms with E-state index in [1.807, 2.05) is 0 Å². The van der Waals surface area contributed by atoms with Gasteiger partial charge in [-0.25, -0.2) is 0 Å². The SMILES string of the molecule is CCCCC1CCC2C(CCC3CC(OC(C)CCCC)CCC32)C1. The van der Waals surface area contributed by atoms with E-state index in [4.69, 9.17) is 4.74 Å². The van der Waals surface area contributed by atoms with E-state index in [1.54, 1.807) is 19.3 Å². The number of hydrogen-bond donors (Lipinski definition) is 0. The van der Waals surface area contributed by atoms with Gasteiger partial charge in [-0.1, -0.05) is 52.4 Å². The maximum Gasteiger partial charge on any atom is 0.0581 e. The van der Waals surface area contributed by atoms with Crippen LogP contribution < -0.4 is 0 Å². The third kappa shape index (κ3) is 5.24. The Morgan fingerprint density at radius 2 is 1.48 bits per heavy atom. The van der Waals surface area contributed by atoms with E-state index in [0.717, 1.165) is 29.6 Å². The quantitative estimate of drug-likeness (QED) is 0.444. The first-order valence-corrected chi connectivity index (χ1v) is 11.9. The summed E-state index contributed by atoms with van der Waals surface area (Å²) in [5, 5.41) is 0. The molecule has 0 aromatic carbocycles. The van der Waals surface area contributed by atoms with Gasteiger partial charge in [0.15, 0.2) is 0 Å². The number of fused-ring (bicyclic) bond motifs is 3. The lowest BCUT2D eigenvalue weighted by Crippen LogP contribution is -2.43. The lowest BCUT2D eigenvalue weighted by Gasteiger charge is -2.51. The highest BCUT2D eigenvalue weighted by Gasteiger charge is 2.44. The zero-order chi connectivity index (χ0) is 17.6. The van der Waals surface area contributed by atoms with Crippen LogP contribution in [0.3, 0.4) is 0 Å². The van der Waals surface area contributed by atoms with Gasteiger partial charge in [0.05, 0.1) is 12.2 Å². The minimum atomic E-state index is 0.479. The topological polar surface area (TPSA) is 9.23 Å². The molecule has 7 unspecified atom stereocenters. The summed E-state index contributed by atoms with van der Waals surface area (Å²) in [7, 11) is 0. The second-order valence-electron chi connectivity index (χ2n) is 9.77. The molecule has 0 aliphatic heterocycles. The van der Waals surface area contributed by atoms with Crippen molar-refractivity contribution in [2.24, 2.45) is 29.6 Å². The van der Waals surface area contributed by atoms with Crippen LogP contribution in [0.2, 0.25) is 0 Å². The van der Waals surface area contributed by atoms with Gasteiger partial charge in [-0.3, -0.25) is 0 Å². The van der Waals surface area contributed by atoms with Crippen LogP contribution in [0, 0.1) is 29.6 Å². The van der Waals surface area contributed by atoms with E-state index in [-0.39, 0.29) is 0 Å². The van der Waals surface area contributed by atoms with Crippen LogP contribution in [-0.4, -0.2) is 12.2 Å². The molecule has 3 fully saturated rings. The summed E-state index contributed by atoms with van der Waals surface area (Å²) in [5.74, 6) is 5.27. The zero-order valence-corrected chi connectivity index (χ0v) is 17.3. The second kappa shape index (κ2) is 9.77. The molecule has 25 heavy (non-hydrogen) atoms. The minimum Gasteiger partial charge on any atom is -0.375 e. The van der Waals surface area contributed by atoms with Gasteiger partial charge in [0.25, 0.3) is 0 Å². The highest BCUT2D eigenvalue weighted by molar-refractivity contribution is 4.94. The Morgan fingerprint density at radius 1 is 0.800 bits per heavy atom. The fourth-order valence-electron chi connectivity index (χ4n) is 6.62. The van der Waals surface area contributed by atoms with Crippen LogP contribution >= 0.6 is 0 Å². The van der Waals surface area contributed by atoms with E-state index in [1.165, 1.54) is 70.6 Å². The summed E-state index contributed by atoms with van der Waals surface area (Å²) in [6.07, 6.45) is 21.2. The highest BCUT2D eigenvalue weighted by atomic mass is 16.5. The average molecular weight is 349 g/mol. The predicted octanol–water partition coefficient (Wildman–Crippen LogP) is 7.38. The smallest absolute Gasteiger partial charge is 0.0581 e. The molecule has 0 saturated heterocycles. The van der Waals surface area contributed by atoms with E-state index < -0.39 is 0 Å². The van der Waals surface area contributed by atoms with Gasteiger partial charge < -0.3 is 4.74 Å². The first-order valence-electron chi connectivity index (χ1n) is 11.9. The summed E-state index contributed by atoms with van der Waals surface area (Å²) in [5.41, 5.74) is 0. The van der Waals surface area contributed by atoms with Gasteiger partial charge in [0.1, 0.15) is 0 Å². The van der Waals surface area contributed by atoms with Crippen LogP contribution in [0.5, 0.6) is 0 Å². The maximum atomic E-state index is 6.44. The maximum absolute atomic E-state index is 6.44. The third-order valence-electron chi connectivity index (χ3n) is 7.96. The van der Waals surface area contributed by atoms with Crippen molar-refractivity contribution in [3.63, 3.8) is 0 Å². The van der Waals surface area contributed by atoms with Crippen molar-refractivity contribution in [2.45, 2.75) is 123 Å². The van der Waals surface area contributed by atoms with Crippen molar-refractivity contribution in [3.8, 4) is 0 Å². The van der Waals surface area contributed by atoms with E-state index in [0.29, 0.717) is 12.2 Å². The predicted molar refractivity (Wildman–Crippen MR) is 108 cm³/mol. The Kier molecular flexibility index (Phi) is 7.70. The molecule has 0 radical (unpaired) electrons. The summed E-state index contributed by atoms with van der Waals surface area (Å²) in [4.78, 5) is 0. The van der Waals surface area contributed by atoms with Crippen LogP contribution in [0.25, 0.3) is 0 Å². The lowest BCUT2D eigenvalue weighted by molar-refractivity contribution is -0.0773. The van der Waals surface area contributed by atoms with Gasteiger partial charge in [-0.05, 0) is 87.9 Å². The van der Waals surface area contributed by atoms with Crippen molar-refractivity contribution in [2.75, 3.05) is 0 Å². The molecule has 0 bridgehead atoms. The second-order valence-corrected chi connectivity index (χ2v) is 9.77. The van der Waals surface area contributed by atoms with Gasteiger partial charge in [-0.15, -0.1) is 0 Å². The molecule has 3 aliphatic carbocycles. The van der Waals surface area contributed by atoms with Crippen LogP contribution in [-0.2, 0) is 4.74 Å². The third-order valence-corrected chi connectivity index (χ3v) is 7.96. The number of unbranched alkanes of at least 4 members (excludes halogenated alkanes) is 2. The first kappa shape index (κ1) is 19.7. The molecule has 0 aromatic rings. The van der Waals surface area contributed by atoms with Gasteiger partial charge in [-0.2, -0.15) is 0 Å². The average Bonchev–Trinajstić information content (AvgIpc) is 2.64. The Bertz CT molecular complexity index is 378. The molecule has 3 rings (SSSR count). The molecule has 3 aliphatic rings. The first-order chi connectivity index (χ1) is 12.2. The van der Waals surface area contributed by atoms with Crippen molar-refractivity contribution >= 4 is 0 Å². The molecule has 1 nitrogen and oxygen atoms in total. The minimum absolute atomic E-state index is 0.479. The number of hydrogen-bond acceptors (Lipinski definition) is 1. The van der Waals surface area contributed by atoms with Gasteiger partial charge in [0, 0.05) is 0 Å². The fourth-order valence-corrected chi connectivity index (χ4v) is 6.62. The molecule has 0 spiro atoms. The molecule has 3 saturated carbocycles. The fraction of sp³-hybridized carbons (Fsp3) is 1.00. The monoisotopic (exact) mass is 348 g/mol. The van der Waals surface area contributed by atoms with E-state index in [2.05, 4.69) is 20.8 Å². The van der Waals surface area contributed by atoms with Crippen molar-refractivity contribution in [1.82, 2.24) is 0 Å². The summed E-state index contributed by atoms with van der Waals surface area (Å²) >= 11 is 0. The molecular weight excluding hydrogens is 304 g/mol. The van der Waals surface area contributed by atoms with Crippen molar-refractivity contribution in [3.05, 3.63) is 0 Å². The van der Waals surface area contributed by atoms with E-state index in [9.17, 15) is 0 Å².